The molecule has 1 saturated heterocycles. The van der Waals surface area contributed by atoms with Crippen molar-refractivity contribution in [2.24, 2.45) is 0 Å². The van der Waals surface area contributed by atoms with Gasteiger partial charge in [0.05, 0.1) is 13.2 Å². The van der Waals surface area contributed by atoms with Gasteiger partial charge in [-0.05, 0) is 48.4 Å². The van der Waals surface area contributed by atoms with Crippen molar-refractivity contribution in [3.63, 3.8) is 0 Å². The van der Waals surface area contributed by atoms with Crippen molar-refractivity contribution in [3.8, 4) is 0 Å². The first-order valence-corrected chi connectivity index (χ1v) is 8.72. The summed E-state index contributed by atoms with van der Waals surface area (Å²) >= 11 is 5.92. The van der Waals surface area contributed by atoms with E-state index in [4.69, 9.17) is 16.3 Å². The number of carbonyl (C=O) groups is 1. The predicted molar refractivity (Wildman–Crippen MR) is 102 cm³/mol. The molecule has 2 N–H and O–H groups in total. The van der Waals surface area contributed by atoms with Crippen molar-refractivity contribution in [1.82, 2.24) is 5.32 Å². The van der Waals surface area contributed by atoms with Crippen molar-refractivity contribution < 1.29 is 9.53 Å². The summed E-state index contributed by atoms with van der Waals surface area (Å²) in [4.78, 5) is 14.4. The largest absolute Gasteiger partial charge is 0.378 e. The summed E-state index contributed by atoms with van der Waals surface area (Å²) in [5, 5.41) is 6.37. The average Bonchev–Trinajstić information content (AvgIpc) is 2.63. The van der Waals surface area contributed by atoms with E-state index in [2.05, 4.69) is 27.7 Å². The van der Waals surface area contributed by atoms with Crippen LogP contribution >= 0.6 is 11.6 Å². The molecule has 2 amide bonds. The normalized spacial score (nSPS) is 14.2. The van der Waals surface area contributed by atoms with Gasteiger partial charge in [-0.25, -0.2) is 4.79 Å². The van der Waals surface area contributed by atoms with Crippen molar-refractivity contribution >= 4 is 29.0 Å². The van der Waals surface area contributed by atoms with Gasteiger partial charge < -0.3 is 20.3 Å². The Labute approximate surface area is 152 Å². The maximum atomic E-state index is 12.1. The highest BCUT2D eigenvalue weighted by atomic mass is 35.5. The highest BCUT2D eigenvalue weighted by Crippen LogP contribution is 2.19. The summed E-state index contributed by atoms with van der Waals surface area (Å²) in [5.74, 6) is 0. The minimum absolute atomic E-state index is 0.234. The van der Waals surface area contributed by atoms with Gasteiger partial charge in [0, 0.05) is 36.0 Å². The van der Waals surface area contributed by atoms with Gasteiger partial charge in [-0.1, -0.05) is 23.7 Å². The summed E-state index contributed by atoms with van der Waals surface area (Å²) in [6.45, 7) is 5.76. The molecular weight excluding hydrogens is 338 g/mol. The summed E-state index contributed by atoms with van der Waals surface area (Å²) < 4.78 is 5.37. The zero-order valence-electron chi connectivity index (χ0n) is 14.2. The van der Waals surface area contributed by atoms with Crippen molar-refractivity contribution in [1.29, 1.82) is 0 Å². The van der Waals surface area contributed by atoms with Crippen LogP contribution in [0.5, 0.6) is 0 Å². The average molecular weight is 360 g/mol. The molecular formula is C19H22ClN3O2. The molecule has 0 aromatic heterocycles. The van der Waals surface area contributed by atoms with E-state index >= 15 is 0 Å². The lowest BCUT2D eigenvalue weighted by molar-refractivity contribution is 0.122. The van der Waals surface area contributed by atoms with Crippen LogP contribution in [0.1, 0.15) is 11.1 Å². The molecule has 1 fully saturated rings. The lowest BCUT2D eigenvalue weighted by Gasteiger charge is -2.28. The highest BCUT2D eigenvalue weighted by molar-refractivity contribution is 6.30. The number of morpholine rings is 1. The minimum atomic E-state index is -0.234. The van der Waals surface area contributed by atoms with Crippen LogP contribution in [0.3, 0.4) is 0 Å². The number of halogens is 1. The van der Waals surface area contributed by atoms with Crippen LogP contribution in [0.2, 0.25) is 5.02 Å². The van der Waals surface area contributed by atoms with E-state index in [1.165, 1.54) is 5.69 Å². The Morgan fingerprint density at radius 2 is 1.88 bits per heavy atom. The Morgan fingerprint density at radius 3 is 2.56 bits per heavy atom. The van der Waals surface area contributed by atoms with Crippen LogP contribution in [0.25, 0.3) is 0 Å². The van der Waals surface area contributed by atoms with E-state index in [9.17, 15) is 4.79 Å². The molecule has 1 heterocycles. The molecule has 132 valence electrons. The molecule has 2 aromatic carbocycles. The Balaban J connectivity index is 1.51. The van der Waals surface area contributed by atoms with Gasteiger partial charge in [-0.2, -0.15) is 0 Å². The number of urea groups is 1. The number of aryl methyl sites for hydroxylation is 1. The molecule has 0 radical (unpaired) electrons. The quantitative estimate of drug-likeness (QED) is 0.872. The van der Waals surface area contributed by atoms with Crippen LogP contribution in [0, 0.1) is 6.92 Å². The Hall–Kier alpha value is -2.24. The molecule has 0 bridgehead atoms. The standard InChI is InChI=1S/C19H22ClN3O2/c1-14-12-16(20)4-7-18(14)22-19(24)21-13-15-2-5-17(6-3-15)23-8-10-25-11-9-23/h2-7,12H,8-11,13H2,1H3,(H2,21,22,24). The molecule has 0 atom stereocenters. The summed E-state index contributed by atoms with van der Waals surface area (Å²) in [7, 11) is 0. The molecule has 1 aliphatic heterocycles. The molecule has 0 unspecified atom stereocenters. The number of benzene rings is 2. The predicted octanol–water partition coefficient (Wildman–Crippen LogP) is 3.81. The van der Waals surface area contributed by atoms with Gasteiger partial charge in [-0.3, -0.25) is 0 Å². The SMILES string of the molecule is Cc1cc(Cl)ccc1NC(=O)NCc1ccc(N2CCOCC2)cc1. The fraction of sp³-hybridized carbons (Fsp3) is 0.316. The lowest BCUT2D eigenvalue weighted by Crippen LogP contribution is -2.36. The number of anilines is 2. The zero-order chi connectivity index (χ0) is 17.6. The van der Waals surface area contributed by atoms with Crippen LogP contribution in [0.15, 0.2) is 42.5 Å². The monoisotopic (exact) mass is 359 g/mol. The highest BCUT2D eigenvalue weighted by Gasteiger charge is 2.11. The lowest BCUT2D eigenvalue weighted by atomic mass is 10.2. The Bertz CT molecular complexity index is 728. The van der Waals surface area contributed by atoms with Gasteiger partial charge in [-0.15, -0.1) is 0 Å². The van der Waals surface area contributed by atoms with E-state index in [1.54, 1.807) is 12.1 Å². The topological polar surface area (TPSA) is 53.6 Å². The van der Waals surface area contributed by atoms with E-state index < -0.39 is 0 Å². The third kappa shape index (κ3) is 4.87. The number of nitrogens with zero attached hydrogens (tertiary/aromatic N) is 1. The summed E-state index contributed by atoms with van der Waals surface area (Å²) in [6.07, 6.45) is 0. The second kappa shape index (κ2) is 8.23. The first-order valence-electron chi connectivity index (χ1n) is 8.34. The van der Waals surface area contributed by atoms with Crippen LogP contribution in [-0.2, 0) is 11.3 Å². The van der Waals surface area contributed by atoms with Gasteiger partial charge in [0.15, 0.2) is 0 Å². The fourth-order valence-electron chi connectivity index (χ4n) is 2.76. The maximum Gasteiger partial charge on any atom is 0.319 e. The number of hydrogen-bond donors (Lipinski definition) is 2. The maximum absolute atomic E-state index is 12.1. The molecule has 0 spiro atoms. The molecule has 0 saturated carbocycles. The number of amides is 2. The first-order chi connectivity index (χ1) is 12.1. The van der Waals surface area contributed by atoms with Gasteiger partial charge in [0.2, 0.25) is 0 Å². The van der Waals surface area contributed by atoms with Crippen molar-refractivity contribution in [3.05, 3.63) is 58.6 Å². The van der Waals surface area contributed by atoms with E-state index in [1.807, 2.05) is 25.1 Å². The second-order valence-corrected chi connectivity index (χ2v) is 6.47. The smallest absolute Gasteiger partial charge is 0.319 e. The number of ether oxygens (including phenoxy) is 1. The second-order valence-electron chi connectivity index (χ2n) is 6.03. The van der Waals surface area contributed by atoms with Gasteiger partial charge in [0.25, 0.3) is 0 Å². The minimum Gasteiger partial charge on any atom is -0.378 e. The van der Waals surface area contributed by atoms with Crippen LogP contribution in [-0.4, -0.2) is 32.3 Å². The van der Waals surface area contributed by atoms with Crippen molar-refractivity contribution in [2.75, 3.05) is 36.5 Å². The molecule has 3 rings (SSSR count). The van der Waals surface area contributed by atoms with Gasteiger partial charge in [0.1, 0.15) is 0 Å². The molecule has 5 nitrogen and oxygen atoms in total. The number of hydrogen-bond acceptors (Lipinski definition) is 3. The van der Waals surface area contributed by atoms with Gasteiger partial charge >= 0.3 is 6.03 Å². The third-order valence-corrected chi connectivity index (χ3v) is 4.44. The molecule has 1 aliphatic rings. The molecule has 2 aromatic rings. The van der Waals surface area contributed by atoms with Crippen molar-refractivity contribution in [2.45, 2.75) is 13.5 Å². The number of nitrogens with one attached hydrogen (secondary N) is 2. The van der Waals surface area contributed by atoms with Crippen LogP contribution in [0.4, 0.5) is 16.2 Å². The number of carbonyl (C=O) groups excluding carboxylic acids is 1. The number of rotatable bonds is 4. The summed E-state index contributed by atoms with van der Waals surface area (Å²) in [5.41, 5.74) is 3.93. The Morgan fingerprint density at radius 1 is 1.16 bits per heavy atom. The fourth-order valence-corrected chi connectivity index (χ4v) is 2.99. The summed E-state index contributed by atoms with van der Waals surface area (Å²) in [6, 6.07) is 13.4. The van der Waals surface area contributed by atoms with E-state index in [-0.39, 0.29) is 6.03 Å². The van der Waals surface area contributed by atoms with E-state index in [0.717, 1.165) is 43.1 Å². The van der Waals surface area contributed by atoms with Crippen LogP contribution < -0.4 is 15.5 Å². The molecule has 6 heteroatoms. The molecule has 25 heavy (non-hydrogen) atoms. The Kier molecular flexibility index (Phi) is 5.79. The first kappa shape index (κ1) is 17.6. The van der Waals surface area contributed by atoms with E-state index in [0.29, 0.717) is 11.6 Å². The zero-order valence-corrected chi connectivity index (χ0v) is 15.0. The third-order valence-electron chi connectivity index (χ3n) is 4.20. The molecule has 0 aliphatic carbocycles.